The third-order valence-corrected chi connectivity index (χ3v) is 6.61. The average molecular weight is 527 g/mol. The lowest BCUT2D eigenvalue weighted by molar-refractivity contribution is -0.152. The van der Waals surface area contributed by atoms with Crippen LogP contribution in [0.2, 0.25) is 5.02 Å². The van der Waals surface area contributed by atoms with E-state index in [9.17, 15) is 19.9 Å². The number of nitrogens with zero attached hydrogens (tertiary/aromatic N) is 2. The first kappa shape index (κ1) is 25.3. The zero-order valence-corrected chi connectivity index (χ0v) is 21.0. The van der Waals surface area contributed by atoms with Crippen LogP contribution in [0.3, 0.4) is 0 Å². The van der Waals surface area contributed by atoms with Gasteiger partial charge in [0.2, 0.25) is 0 Å². The predicted octanol–water partition coefficient (Wildman–Crippen LogP) is 5.26. The van der Waals surface area contributed by atoms with Gasteiger partial charge in [-0.25, -0.2) is 4.79 Å². The number of hydrogen-bond donors (Lipinski definition) is 2. The third kappa shape index (κ3) is 5.53. The van der Waals surface area contributed by atoms with E-state index in [4.69, 9.17) is 21.1 Å². The Morgan fingerprint density at radius 1 is 1.06 bits per heavy atom. The minimum atomic E-state index is -1.35. The van der Waals surface area contributed by atoms with Crippen LogP contribution in [0, 0.1) is 0 Å². The van der Waals surface area contributed by atoms with Gasteiger partial charge >= 0.3 is 10.8 Å². The van der Waals surface area contributed by atoms with Crippen LogP contribution in [0.25, 0.3) is 10.2 Å². The Morgan fingerprint density at radius 3 is 2.42 bits per heavy atom. The molecular formula is C26H23ClN2O6S. The van der Waals surface area contributed by atoms with Crippen molar-refractivity contribution < 1.29 is 24.6 Å². The number of benzene rings is 3. The topological polar surface area (TPSA) is 110 Å². The number of fused-ring (bicyclic) bond motifs is 1. The van der Waals surface area contributed by atoms with Crippen LogP contribution >= 0.6 is 22.9 Å². The lowest BCUT2D eigenvalue weighted by Crippen LogP contribution is -2.37. The Morgan fingerprint density at radius 2 is 1.75 bits per heavy atom. The molecule has 0 aliphatic rings. The molecule has 1 aromatic heterocycles. The number of carboxylic acid groups (broad SMARTS) is 1. The molecule has 1 heterocycles. The van der Waals surface area contributed by atoms with Crippen LogP contribution in [0.5, 0.6) is 11.5 Å². The number of ether oxygens (including phenoxy) is 2. The van der Waals surface area contributed by atoms with Gasteiger partial charge in [0.15, 0.2) is 5.60 Å². The average Bonchev–Trinajstić information content (AvgIpc) is 3.15. The number of hydrogen-bond acceptors (Lipinski definition) is 7. The summed E-state index contributed by atoms with van der Waals surface area (Å²) in [6.07, 6.45) is 0. The molecule has 4 rings (SSSR count). The van der Waals surface area contributed by atoms with Crippen molar-refractivity contribution in [2.45, 2.75) is 26.0 Å². The maximum Gasteiger partial charge on any atom is 0.347 e. The van der Waals surface area contributed by atoms with Crippen LogP contribution in [-0.4, -0.2) is 38.8 Å². The molecule has 0 spiro atoms. The third-order valence-electron chi connectivity index (χ3n) is 5.44. The first-order chi connectivity index (χ1) is 17.2. The van der Waals surface area contributed by atoms with Gasteiger partial charge in [-0.15, -0.1) is 0 Å². The summed E-state index contributed by atoms with van der Waals surface area (Å²) >= 11 is 7.17. The fourth-order valence-corrected chi connectivity index (χ4v) is 4.69. The van der Waals surface area contributed by atoms with E-state index in [1.54, 1.807) is 59.2 Å². The summed E-state index contributed by atoms with van der Waals surface area (Å²) in [4.78, 5) is 23.7. The number of aromatic nitrogens is 1. The van der Waals surface area contributed by atoms with Crippen molar-refractivity contribution in [3.8, 4) is 11.5 Å². The standard InChI is InChI=1S/C26H23ClN2O6S/c1-26(2,24(30)31)35-20-9-7-19(8-10-20)34-13-12-29-21-11-6-17(15-22(21)36-25(29)32)23(28-33)16-4-3-5-18(27)14-16/h3-11,14-15,33H,12-13H2,1-2H3,(H,30,31)/b28-23-. The molecular weight excluding hydrogens is 504 g/mol. The monoisotopic (exact) mass is 526 g/mol. The second-order valence-electron chi connectivity index (χ2n) is 8.40. The fourth-order valence-electron chi connectivity index (χ4n) is 3.54. The highest BCUT2D eigenvalue weighted by Gasteiger charge is 2.29. The minimum Gasteiger partial charge on any atom is -0.492 e. The van der Waals surface area contributed by atoms with E-state index >= 15 is 0 Å². The Labute approximate surface area is 215 Å². The van der Waals surface area contributed by atoms with E-state index in [1.807, 2.05) is 12.1 Å². The van der Waals surface area contributed by atoms with Gasteiger partial charge in [-0.1, -0.05) is 46.3 Å². The molecule has 0 aliphatic carbocycles. The Kier molecular flexibility index (Phi) is 7.32. The highest BCUT2D eigenvalue weighted by Crippen LogP contribution is 2.24. The van der Waals surface area contributed by atoms with Crippen LogP contribution < -0.4 is 14.3 Å². The summed E-state index contributed by atoms with van der Waals surface area (Å²) in [6, 6.07) is 19.0. The molecule has 0 amide bonds. The van der Waals surface area contributed by atoms with E-state index in [0.717, 1.165) is 21.6 Å². The molecule has 3 aromatic carbocycles. The summed E-state index contributed by atoms with van der Waals surface area (Å²) in [5.74, 6) is -0.0856. The van der Waals surface area contributed by atoms with E-state index < -0.39 is 11.6 Å². The number of oxime groups is 1. The van der Waals surface area contributed by atoms with Crippen LogP contribution in [0.15, 0.2) is 76.7 Å². The van der Waals surface area contributed by atoms with E-state index in [1.165, 1.54) is 13.8 Å². The number of carbonyl (C=O) groups is 1. The summed E-state index contributed by atoms with van der Waals surface area (Å²) in [5.41, 5.74) is 1.08. The molecule has 0 fully saturated rings. The Balaban J connectivity index is 1.45. The molecule has 0 unspecified atom stereocenters. The zero-order valence-electron chi connectivity index (χ0n) is 19.5. The maximum atomic E-state index is 12.6. The van der Waals surface area contributed by atoms with Crippen molar-refractivity contribution in [3.05, 3.63) is 92.5 Å². The molecule has 8 nitrogen and oxygen atoms in total. The Bertz CT molecular complexity index is 1490. The fraction of sp³-hybridized carbons (Fsp3) is 0.192. The quantitative estimate of drug-likeness (QED) is 0.175. The van der Waals surface area contributed by atoms with Crippen molar-refractivity contribution in [1.82, 2.24) is 4.57 Å². The van der Waals surface area contributed by atoms with Gasteiger partial charge in [-0.2, -0.15) is 0 Å². The molecule has 4 aromatic rings. The molecule has 2 N–H and O–H groups in total. The largest absolute Gasteiger partial charge is 0.492 e. The SMILES string of the molecule is CC(C)(Oc1ccc(OCCn2c(=O)sc3cc(/C(=N\O)c4cccc(Cl)c4)ccc32)cc1)C(=O)O. The molecule has 0 atom stereocenters. The van der Waals surface area contributed by atoms with Gasteiger partial charge in [-0.3, -0.25) is 9.36 Å². The number of halogens is 1. The molecule has 0 saturated heterocycles. The summed E-state index contributed by atoms with van der Waals surface area (Å²) < 4.78 is 13.6. The highest BCUT2D eigenvalue weighted by atomic mass is 35.5. The summed E-state index contributed by atoms with van der Waals surface area (Å²) in [7, 11) is 0. The Hall–Kier alpha value is -3.82. The van der Waals surface area contributed by atoms with Crippen LogP contribution in [0.4, 0.5) is 0 Å². The second-order valence-corrected chi connectivity index (χ2v) is 9.83. The number of aliphatic carboxylic acids is 1. The van der Waals surface area contributed by atoms with Crippen LogP contribution in [0.1, 0.15) is 25.0 Å². The van der Waals surface area contributed by atoms with E-state index in [2.05, 4.69) is 5.16 Å². The molecule has 186 valence electrons. The van der Waals surface area contributed by atoms with E-state index in [-0.39, 0.29) is 11.5 Å². The first-order valence-corrected chi connectivity index (χ1v) is 12.1. The first-order valence-electron chi connectivity index (χ1n) is 10.9. The van der Waals surface area contributed by atoms with Gasteiger partial charge in [0.25, 0.3) is 0 Å². The van der Waals surface area contributed by atoms with Gasteiger partial charge < -0.3 is 19.8 Å². The lowest BCUT2D eigenvalue weighted by Gasteiger charge is -2.21. The highest BCUT2D eigenvalue weighted by molar-refractivity contribution is 7.16. The van der Waals surface area contributed by atoms with Crippen molar-refractivity contribution in [2.75, 3.05) is 6.61 Å². The summed E-state index contributed by atoms with van der Waals surface area (Å²) in [5, 5.41) is 22.8. The smallest absolute Gasteiger partial charge is 0.347 e. The minimum absolute atomic E-state index is 0.129. The van der Waals surface area contributed by atoms with Crippen molar-refractivity contribution in [3.63, 3.8) is 0 Å². The molecule has 10 heteroatoms. The van der Waals surface area contributed by atoms with Gasteiger partial charge in [0, 0.05) is 16.1 Å². The maximum absolute atomic E-state index is 12.6. The van der Waals surface area contributed by atoms with E-state index in [0.29, 0.717) is 39.9 Å². The van der Waals surface area contributed by atoms with Gasteiger partial charge in [0.1, 0.15) is 23.8 Å². The van der Waals surface area contributed by atoms with Gasteiger partial charge in [-0.05, 0) is 62.4 Å². The normalized spacial score (nSPS) is 12.0. The second kappa shape index (κ2) is 10.4. The number of carboxylic acids is 1. The number of thiazole rings is 1. The molecule has 0 saturated carbocycles. The van der Waals surface area contributed by atoms with Crippen molar-refractivity contribution in [1.29, 1.82) is 0 Å². The predicted molar refractivity (Wildman–Crippen MR) is 139 cm³/mol. The molecule has 0 aliphatic heterocycles. The molecule has 36 heavy (non-hydrogen) atoms. The van der Waals surface area contributed by atoms with Crippen molar-refractivity contribution in [2.24, 2.45) is 5.16 Å². The summed E-state index contributed by atoms with van der Waals surface area (Å²) in [6.45, 7) is 3.53. The van der Waals surface area contributed by atoms with Gasteiger partial charge in [0.05, 0.1) is 16.8 Å². The molecule has 0 radical (unpaired) electrons. The zero-order chi connectivity index (χ0) is 25.9. The van der Waals surface area contributed by atoms with Crippen LogP contribution in [-0.2, 0) is 11.3 Å². The van der Waals surface area contributed by atoms with Crippen molar-refractivity contribution >= 4 is 44.8 Å². The lowest BCUT2D eigenvalue weighted by atomic mass is 10.0. The number of rotatable bonds is 9. The molecule has 0 bridgehead atoms.